The molecule has 0 aliphatic rings. The van der Waals surface area contributed by atoms with E-state index < -0.39 is 0 Å². The SMILES string of the molecule is CCNC(CCSc1ccccc1Cl)C(=O)OCC. The van der Waals surface area contributed by atoms with Crippen molar-refractivity contribution in [2.45, 2.75) is 31.2 Å². The summed E-state index contributed by atoms with van der Waals surface area (Å²) in [6.45, 7) is 4.96. The monoisotopic (exact) mass is 301 g/mol. The van der Waals surface area contributed by atoms with Gasteiger partial charge in [0.1, 0.15) is 6.04 Å². The van der Waals surface area contributed by atoms with Gasteiger partial charge in [-0.25, -0.2) is 0 Å². The Morgan fingerprint density at radius 1 is 1.42 bits per heavy atom. The molecule has 5 heteroatoms. The Bertz CT molecular complexity index is 401. The zero-order valence-corrected chi connectivity index (χ0v) is 12.9. The quantitative estimate of drug-likeness (QED) is 0.590. The van der Waals surface area contributed by atoms with Crippen LogP contribution in [0.2, 0.25) is 5.02 Å². The van der Waals surface area contributed by atoms with Gasteiger partial charge in [-0.2, -0.15) is 0 Å². The van der Waals surface area contributed by atoms with Gasteiger partial charge in [-0.15, -0.1) is 11.8 Å². The number of nitrogens with one attached hydrogen (secondary N) is 1. The fourth-order valence-electron chi connectivity index (χ4n) is 1.64. The standard InChI is InChI=1S/C14H20ClNO2S/c1-3-16-12(14(17)18-4-2)9-10-19-13-8-6-5-7-11(13)15/h5-8,12,16H,3-4,9-10H2,1-2H3. The van der Waals surface area contributed by atoms with Crippen LogP contribution in [0, 0.1) is 0 Å². The largest absolute Gasteiger partial charge is 0.465 e. The maximum absolute atomic E-state index is 11.7. The molecule has 0 heterocycles. The molecule has 0 amide bonds. The Morgan fingerprint density at radius 2 is 2.16 bits per heavy atom. The number of carbonyl (C=O) groups is 1. The Hall–Kier alpha value is -0.710. The van der Waals surface area contributed by atoms with Crippen molar-refractivity contribution in [2.24, 2.45) is 0 Å². The number of hydrogen-bond acceptors (Lipinski definition) is 4. The highest BCUT2D eigenvalue weighted by molar-refractivity contribution is 7.99. The Balaban J connectivity index is 2.44. The third-order valence-corrected chi connectivity index (χ3v) is 4.07. The van der Waals surface area contributed by atoms with E-state index in [1.165, 1.54) is 0 Å². The van der Waals surface area contributed by atoms with Gasteiger partial charge < -0.3 is 10.1 Å². The second-order valence-corrected chi connectivity index (χ2v) is 5.47. The van der Waals surface area contributed by atoms with Crippen molar-refractivity contribution in [3.8, 4) is 0 Å². The second kappa shape index (κ2) is 9.23. The second-order valence-electron chi connectivity index (χ2n) is 3.93. The number of likely N-dealkylation sites (N-methyl/N-ethyl adjacent to an activating group) is 1. The first-order valence-electron chi connectivity index (χ1n) is 6.46. The summed E-state index contributed by atoms with van der Waals surface area (Å²) in [6, 6.07) is 7.49. The molecule has 3 nitrogen and oxygen atoms in total. The van der Waals surface area contributed by atoms with E-state index in [1.807, 2.05) is 38.1 Å². The van der Waals surface area contributed by atoms with Gasteiger partial charge in [0.15, 0.2) is 0 Å². The van der Waals surface area contributed by atoms with Gasteiger partial charge in [0.25, 0.3) is 0 Å². The zero-order valence-electron chi connectivity index (χ0n) is 11.3. The number of thioether (sulfide) groups is 1. The van der Waals surface area contributed by atoms with Gasteiger partial charge >= 0.3 is 5.97 Å². The molecule has 0 bridgehead atoms. The number of hydrogen-bond donors (Lipinski definition) is 1. The number of carbonyl (C=O) groups excluding carboxylic acids is 1. The van der Waals surface area contributed by atoms with Crippen molar-refractivity contribution in [1.82, 2.24) is 5.32 Å². The molecular weight excluding hydrogens is 282 g/mol. The van der Waals surface area contributed by atoms with E-state index in [-0.39, 0.29) is 12.0 Å². The molecule has 19 heavy (non-hydrogen) atoms. The maximum Gasteiger partial charge on any atom is 0.323 e. The van der Waals surface area contributed by atoms with Crippen LogP contribution < -0.4 is 5.32 Å². The summed E-state index contributed by atoms with van der Waals surface area (Å²) in [7, 11) is 0. The molecule has 0 aliphatic heterocycles. The number of rotatable bonds is 8. The molecule has 0 aromatic heterocycles. The van der Waals surface area contributed by atoms with Gasteiger partial charge in [0, 0.05) is 10.6 Å². The molecule has 0 radical (unpaired) electrons. The van der Waals surface area contributed by atoms with Crippen LogP contribution in [0.4, 0.5) is 0 Å². The Kier molecular flexibility index (Phi) is 7.94. The number of esters is 1. The van der Waals surface area contributed by atoms with E-state index in [4.69, 9.17) is 16.3 Å². The minimum atomic E-state index is -0.236. The van der Waals surface area contributed by atoms with Crippen LogP contribution >= 0.6 is 23.4 Å². The van der Waals surface area contributed by atoms with Crippen LogP contribution in [-0.2, 0) is 9.53 Å². The highest BCUT2D eigenvalue weighted by Gasteiger charge is 2.18. The zero-order chi connectivity index (χ0) is 14.1. The third kappa shape index (κ3) is 5.85. The minimum absolute atomic E-state index is 0.177. The van der Waals surface area contributed by atoms with Crippen LogP contribution in [0.15, 0.2) is 29.2 Å². The molecule has 0 spiro atoms. The van der Waals surface area contributed by atoms with Crippen molar-refractivity contribution in [3.05, 3.63) is 29.3 Å². The molecule has 1 N–H and O–H groups in total. The number of halogens is 1. The Labute approximate surface area is 124 Å². The molecule has 0 saturated heterocycles. The highest BCUT2D eigenvalue weighted by atomic mass is 35.5. The lowest BCUT2D eigenvalue weighted by atomic mass is 10.2. The van der Waals surface area contributed by atoms with Crippen molar-refractivity contribution in [1.29, 1.82) is 0 Å². The summed E-state index contributed by atoms with van der Waals surface area (Å²) >= 11 is 7.74. The minimum Gasteiger partial charge on any atom is -0.465 e. The van der Waals surface area contributed by atoms with Crippen LogP contribution in [-0.4, -0.2) is 30.9 Å². The van der Waals surface area contributed by atoms with Crippen molar-refractivity contribution < 1.29 is 9.53 Å². The first-order chi connectivity index (χ1) is 9.19. The first kappa shape index (κ1) is 16.3. The predicted molar refractivity (Wildman–Crippen MR) is 80.9 cm³/mol. The summed E-state index contributed by atoms with van der Waals surface area (Å²) in [5, 5.41) is 3.90. The molecule has 106 valence electrons. The summed E-state index contributed by atoms with van der Waals surface area (Å²) < 4.78 is 5.05. The first-order valence-corrected chi connectivity index (χ1v) is 7.82. The summed E-state index contributed by atoms with van der Waals surface area (Å²) in [4.78, 5) is 12.8. The number of ether oxygens (including phenoxy) is 1. The molecule has 1 aromatic carbocycles. The topological polar surface area (TPSA) is 38.3 Å². The average Bonchev–Trinajstić information content (AvgIpc) is 2.40. The van der Waals surface area contributed by atoms with Gasteiger partial charge in [-0.05, 0) is 32.0 Å². The molecule has 0 saturated carbocycles. The van der Waals surface area contributed by atoms with E-state index in [0.29, 0.717) is 6.61 Å². The summed E-state index contributed by atoms with van der Waals surface area (Å²) in [6.07, 6.45) is 0.725. The summed E-state index contributed by atoms with van der Waals surface area (Å²) in [5.41, 5.74) is 0. The van der Waals surface area contributed by atoms with Crippen LogP contribution in [0.3, 0.4) is 0 Å². The van der Waals surface area contributed by atoms with Crippen LogP contribution in [0.1, 0.15) is 20.3 Å². The van der Waals surface area contributed by atoms with Gasteiger partial charge in [0.05, 0.1) is 11.6 Å². The lowest BCUT2D eigenvalue weighted by Crippen LogP contribution is -2.38. The maximum atomic E-state index is 11.7. The van der Waals surface area contributed by atoms with E-state index in [2.05, 4.69) is 5.32 Å². The van der Waals surface area contributed by atoms with Crippen LogP contribution in [0.5, 0.6) is 0 Å². The third-order valence-electron chi connectivity index (χ3n) is 2.52. The summed E-state index contributed by atoms with van der Waals surface area (Å²) in [5.74, 6) is 0.643. The van der Waals surface area contributed by atoms with Crippen molar-refractivity contribution in [3.63, 3.8) is 0 Å². The smallest absolute Gasteiger partial charge is 0.323 e. The molecule has 1 rings (SSSR count). The van der Waals surface area contributed by atoms with Gasteiger partial charge in [0.2, 0.25) is 0 Å². The molecule has 1 aromatic rings. The van der Waals surface area contributed by atoms with E-state index in [0.717, 1.165) is 28.6 Å². The highest BCUT2D eigenvalue weighted by Crippen LogP contribution is 2.27. The van der Waals surface area contributed by atoms with E-state index in [1.54, 1.807) is 11.8 Å². The average molecular weight is 302 g/mol. The molecule has 0 fully saturated rings. The van der Waals surface area contributed by atoms with Gasteiger partial charge in [-0.3, -0.25) is 4.79 Å². The Morgan fingerprint density at radius 3 is 2.79 bits per heavy atom. The predicted octanol–water partition coefficient (Wildman–Crippen LogP) is 3.36. The fourth-order valence-corrected chi connectivity index (χ4v) is 2.89. The lowest BCUT2D eigenvalue weighted by molar-refractivity contribution is -0.145. The van der Waals surface area contributed by atoms with Crippen molar-refractivity contribution >= 4 is 29.3 Å². The molecule has 1 atom stereocenters. The van der Waals surface area contributed by atoms with Gasteiger partial charge in [-0.1, -0.05) is 30.7 Å². The fraction of sp³-hybridized carbons (Fsp3) is 0.500. The van der Waals surface area contributed by atoms with E-state index in [9.17, 15) is 4.79 Å². The van der Waals surface area contributed by atoms with Crippen molar-refractivity contribution in [2.75, 3.05) is 18.9 Å². The molecular formula is C14H20ClNO2S. The number of benzene rings is 1. The lowest BCUT2D eigenvalue weighted by Gasteiger charge is -2.16. The van der Waals surface area contributed by atoms with E-state index >= 15 is 0 Å². The molecule has 1 unspecified atom stereocenters. The molecule has 0 aliphatic carbocycles. The normalized spacial score (nSPS) is 12.2. The van der Waals surface area contributed by atoms with Crippen LogP contribution in [0.25, 0.3) is 0 Å².